The third-order valence-electron chi connectivity index (χ3n) is 6.78. The zero-order valence-electron chi connectivity index (χ0n) is 21.1. The molecule has 0 radical (unpaired) electrons. The van der Waals surface area contributed by atoms with Crippen molar-refractivity contribution in [2.24, 2.45) is 0 Å². The molecule has 10 heteroatoms. The van der Waals surface area contributed by atoms with Gasteiger partial charge >= 0.3 is 6.18 Å². The van der Waals surface area contributed by atoms with E-state index in [1.807, 2.05) is 19.1 Å². The van der Waals surface area contributed by atoms with Crippen molar-refractivity contribution < 1.29 is 27.4 Å². The van der Waals surface area contributed by atoms with Crippen LogP contribution >= 0.6 is 0 Å². The van der Waals surface area contributed by atoms with Crippen molar-refractivity contribution in [1.29, 1.82) is 0 Å². The number of carbonyl (C=O) groups is 1. The van der Waals surface area contributed by atoms with Gasteiger partial charge in [0.05, 0.1) is 37.7 Å². The maximum atomic E-state index is 13.1. The van der Waals surface area contributed by atoms with Gasteiger partial charge in [0, 0.05) is 49.8 Å². The van der Waals surface area contributed by atoms with E-state index in [1.165, 1.54) is 12.1 Å². The van der Waals surface area contributed by atoms with Crippen molar-refractivity contribution >= 4 is 17.5 Å². The highest BCUT2D eigenvalue weighted by Crippen LogP contribution is 2.31. The van der Waals surface area contributed by atoms with Gasteiger partial charge in [-0.15, -0.1) is 0 Å². The molecule has 200 valence electrons. The van der Waals surface area contributed by atoms with Crippen molar-refractivity contribution in [1.82, 2.24) is 9.97 Å². The molecule has 3 aromatic rings. The predicted molar refractivity (Wildman–Crippen MR) is 138 cm³/mol. The molecule has 0 unspecified atom stereocenters. The van der Waals surface area contributed by atoms with Crippen LogP contribution in [0.2, 0.25) is 0 Å². The largest absolute Gasteiger partial charge is 0.416 e. The summed E-state index contributed by atoms with van der Waals surface area (Å²) in [5.41, 5.74) is 2.38. The number of hydrogen-bond donors (Lipinski definition) is 0. The van der Waals surface area contributed by atoms with Crippen LogP contribution in [0, 0.1) is 6.92 Å². The Hall–Kier alpha value is -3.50. The highest BCUT2D eigenvalue weighted by Gasteiger charge is 2.30. The highest BCUT2D eigenvalue weighted by atomic mass is 19.4. The molecule has 3 heterocycles. The number of alkyl halides is 3. The summed E-state index contributed by atoms with van der Waals surface area (Å²) in [6.07, 6.45) is -4.59. The Morgan fingerprint density at radius 3 is 2.26 bits per heavy atom. The molecule has 2 aliphatic heterocycles. The SMILES string of the molecule is Cc1ccc(C(=O)Cc2cccc(C(F)(F)F)c2)cc1-c1cc(N2CCOCC2)nc(N2CCOCC2)n1. The molecule has 0 bridgehead atoms. The number of halogens is 3. The molecule has 0 spiro atoms. The number of aryl methyl sites for hydroxylation is 1. The normalized spacial score (nSPS) is 16.5. The average Bonchev–Trinajstić information content (AvgIpc) is 2.93. The number of Topliss-reactive ketones (excluding diaryl/α,β-unsaturated/α-hetero) is 1. The molecule has 0 aliphatic carbocycles. The van der Waals surface area contributed by atoms with Crippen LogP contribution in [0.1, 0.15) is 27.0 Å². The van der Waals surface area contributed by atoms with Crippen molar-refractivity contribution in [3.8, 4) is 11.3 Å². The topological polar surface area (TPSA) is 67.8 Å². The standard InChI is InChI=1S/C28H29F3N4O3/c1-19-5-6-21(25(36)16-20-3-2-4-22(15-20)28(29,30)31)17-23(19)24-18-26(34-7-11-37-12-8-34)33-27(32-24)35-9-13-38-14-10-35/h2-6,15,17-18H,7-14,16H2,1H3. The molecular weight excluding hydrogens is 497 g/mol. The van der Waals surface area contributed by atoms with E-state index >= 15 is 0 Å². The zero-order valence-corrected chi connectivity index (χ0v) is 21.1. The molecule has 1 aromatic heterocycles. The van der Waals surface area contributed by atoms with Crippen LogP contribution in [0.25, 0.3) is 11.3 Å². The van der Waals surface area contributed by atoms with Gasteiger partial charge in [0.2, 0.25) is 5.95 Å². The fourth-order valence-corrected chi connectivity index (χ4v) is 4.64. The predicted octanol–water partition coefficient (Wildman–Crippen LogP) is 4.57. The first-order valence-corrected chi connectivity index (χ1v) is 12.6. The van der Waals surface area contributed by atoms with E-state index in [9.17, 15) is 18.0 Å². The van der Waals surface area contributed by atoms with Gasteiger partial charge in [-0.3, -0.25) is 4.79 Å². The van der Waals surface area contributed by atoms with E-state index in [4.69, 9.17) is 19.4 Å². The molecular formula is C28H29F3N4O3. The molecule has 5 rings (SSSR count). The van der Waals surface area contributed by atoms with Gasteiger partial charge < -0.3 is 19.3 Å². The van der Waals surface area contributed by atoms with Crippen molar-refractivity contribution in [3.63, 3.8) is 0 Å². The first-order valence-electron chi connectivity index (χ1n) is 12.6. The Bertz CT molecular complexity index is 1270. The summed E-state index contributed by atoms with van der Waals surface area (Å²) >= 11 is 0. The van der Waals surface area contributed by atoms with Gasteiger partial charge in [0.25, 0.3) is 0 Å². The fourth-order valence-electron chi connectivity index (χ4n) is 4.64. The van der Waals surface area contributed by atoms with Gasteiger partial charge in [0.15, 0.2) is 5.78 Å². The van der Waals surface area contributed by atoms with Gasteiger partial charge in [-0.2, -0.15) is 18.2 Å². The Kier molecular flexibility index (Phi) is 7.62. The molecule has 0 saturated carbocycles. The number of hydrogen-bond acceptors (Lipinski definition) is 7. The minimum Gasteiger partial charge on any atom is -0.378 e. The van der Waals surface area contributed by atoms with Crippen LogP contribution < -0.4 is 9.80 Å². The van der Waals surface area contributed by atoms with Crippen LogP contribution in [-0.2, 0) is 22.1 Å². The minimum absolute atomic E-state index is 0.131. The number of carbonyl (C=O) groups excluding carboxylic acids is 1. The van der Waals surface area contributed by atoms with E-state index in [-0.39, 0.29) is 12.2 Å². The average molecular weight is 527 g/mol. The van der Waals surface area contributed by atoms with Crippen LogP contribution in [0.3, 0.4) is 0 Å². The third kappa shape index (κ3) is 5.97. The molecule has 2 saturated heterocycles. The first kappa shape index (κ1) is 26.1. The lowest BCUT2D eigenvalue weighted by Gasteiger charge is -2.31. The summed E-state index contributed by atoms with van der Waals surface area (Å²) in [5, 5.41) is 0. The Morgan fingerprint density at radius 2 is 1.58 bits per heavy atom. The van der Waals surface area contributed by atoms with Gasteiger partial charge in [-0.1, -0.05) is 30.3 Å². The summed E-state index contributed by atoms with van der Waals surface area (Å²) in [4.78, 5) is 27.1. The fraction of sp³-hybridized carbons (Fsp3) is 0.393. The molecule has 7 nitrogen and oxygen atoms in total. The lowest BCUT2D eigenvalue weighted by molar-refractivity contribution is -0.137. The number of ether oxygens (including phenoxy) is 2. The summed E-state index contributed by atoms with van der Waals surface area (Å²) < 4.78 is 50.4. The molecule has 0 atom stereocenters. The van der Waals surface area contributed by atoms with Gasteiger partial charge in [-0.05, 0) is 30.2 Å². The molecule has 2 fully saturated rings. The minimum atomic E-state index is -4.46. The zero-order chi connectivity index (χ0) is 26.7. The van der Waals surface area contributed by atoms with E-state index < -0.39 is 11.7 Å². The maximum absolute atomic E-state index is 13.1. The van der Waals surface area contributed by atoms with Gasteiger partial charge in [0.1, 0.15) is 5.82 Å². The third-order valence-corrected chi connectivity index (χ3v) is 6.78. The Balaban J connectivity index is 1.47. The van der Waals surface area contributed by atoms with Gasteiger partial charge in [-0.25, -0.2) is 4.98 Å². The second-order valence-corrected chi connectivity index (χ2v) is 9.44. The lowest BCUT2D eigenvalue weighted by atomic mass is 9.96. The second-order valence-electron chi connectivity index (χ2n) is 9.44. The number of morpholine rings is 2. The summed E-state index contributed by atoms with van der Waals surface area (Å²) in [5.74, 6) is 1.13. The monoisotopic (exact) mass is 526 g/mol. The lowest BCUT2D eigenvalue weighted by Crippen LogP contribution is -2.39. The molecule has 0 amide bonds. The van der Waals surface area contributed by atoms with E-state index in [1.54, 1.807) is 12.1 Å². The van der Waals surface area contributed by atoms with E-state index in [0.717, 1.165) is 29.1 Å². The number of rotatable bonds is 6. The molecule has 38 heavy (non-hydrogen) atoms. The molecule has 0 N–H and O–H groups in total. The smallest absolute Gasteiger partial charge is 0.378 e. The molecule has 2 aromatic carbocycles. The van der Waals surface area contributed by atoms with E-state index in [0.29, 0.717) is 75.4 Å². The Morgan fingerprint density at radius 1 is 0.895 bits per heavy atom. The van der Waals surface area contributed by atoms with Crippen LogP contribution in [0.5, 0.6) is 0 Å². The number of anilines is 2. The number of ketones is 1. The number of nitrogens with zero attached hydrogens (tertiary/aromatic N) is 4. The van der Waals surface area contributed by atoms with Crippen molar-refractivity contribution in [2.75, 3.05) is 62.4 Å². The summed E-state index contributed by atoms with van der Waals surface area (Å²) in [6, 6.07) is 12.2. The summed E-state index contributed by atoms with van der Waals surface area (Å²) in [6.45, 7) is 7.16. The van der Waals surface area contributed by atoms with Crippen molar-refractivity contribution in [2.45, 2.75) is 19.5 Å². The number of aromatic nitrogens is 2. The first-order chi connectivity index (χ1) is 18.3. The van der Waals surface area contributed by atoms with Crippen LogP contribution in [0.4, 0.5) is 24.9 Å². The second kappa shape index (κ2) is 11.1. The maximum Gasteiger partial charge on any atom is 0.416 e. The van der Waals surface area contributed by atoms with Crippen LogP contribution in [0.15, 0.2) is 48.5 Å². The quantitative estimate of drug-likeness (QED) is 0.436. The number of benzene rings is 2. The van der Waals surface area contributed by atoms with Crippen molar-refractivity contribution in [3.05, 3.63) is 70.8 Å². The summed E-state index contributed by atoms with van der Waals surface area (Å²) in [7, 11) is 0. The van der Waals surface area contributed by atoms with Crippen LogP contribution in [-0.4, -0.2) is 68.4 Å². The molecule has 2 aliphatic rings. The highest BCUT2D eigenvalue weighted by molar-refractivity contribution is 5.98. The van der Waals surface area contributed by atoms with E-state index in [2.05, 4.69) is 9.80 Å². The Labute approximate surface area is 219 Å².